The minimum Gasteiger partial charge on any atom is -0.358 e. The van der Waals surface area contributed by atoms with Crippen LogP contribution in [0.3, 0.4) is 0 Å². The number of hydrogen-bond donors (Lipinski definition) is 1. The standard InChI is InChI=1S/C18H22N2/c1-4-20-10-11(2)8-15-13-6-5-7-16-18(13)14(9-17(15)20)12(3)19-16/h5-8,15,17,19H,4,9-10H2,1-3H3/t15-,17-/m1/s1. The van der Waals surface area contributed by atoms with E-state index in [1.54, 1.807) is 5.56 Å². The van der Waals surface area contributed by atoms with E-state index in [0.717, 1.165) is 13.1 Å². The van der Waals surface area contributed by atoms with Crippen LogP contribution < -0.4 is 0 Å². The van der Waals surface area contributed by atoms with Crippen molar-refractivity contribution < 1.29 is 0 Å². The first-order chi connectivity index (χ1) is 9.69. The molecule has 20 heavy (non-hydrogen) atoms. The van der Waals surface area contributed by atoms with E-state index in [0.29, 0.717) is 12.0 Å². The molecule has 2 heterocycles. The Balaban J connectivity index is 1.97. The maximum absolute atomic E-state index is 3.57. The van der Waals surface area contributed by atoms with Gasteiger partial charge in [-0.3, -0.25) is 4.90 Å². The van der Waals surface area contributed by atoms with E-state index >= 15 is 0 Å². The van der Waals surface area contributed by atoms with Crippen molar-refractivity contribution in [3.05, 3.63) is 46.7 Å². The number of nitrogens with zero attached hydrogens (tertiary/aromatic N) is 1. The highest BCUT2D eigenvalue weighted by molar-refractivity contribution is 5.90. The summed E-state index contributed by atoms with van der Waals surface area (Å²) in [6.45, 7) is 9.06. The first kappa shape index (κ1) is 12.2. The second-order valence-electron chi connectivity index (χ2n) is 6.37. The topological polar surface area (TPSA) is 19.0 Å². The molecule has 2 nitrogen and oxygen atoms in total. The molecule has 1 N–H and O–H groups in total. The maximum Gasteiger partial charge on any atom is 0.0461 e. The lowest BCUT2D eigenvalue weighted by Gasteiger charge is -2.42. The van der Waals surface area contributed by atoms with Crippen LogP contribution >= 0.6 is 0 Å². The van der Waals surface area contributed by atoms with Gasteiger partial charge in [0, 0.05) is 35.1 Å². The molecular weight excluding hydrogens is 244 g/mol. The number of fused-ring (bicyclic) bond motifs is 2. The predicted octanol–water partition coefficient (Wildman–Crippen LogP) is 3.77. The van der Waals surface area contributed by atoms with Crippen molar-refractivity contribution in [2.45, 2.75) is 39.2 Å². The third-order valence-corrected chi connectivity index (χ3v) is 5.15. The van der Waals surface area contributed by atoms with Gasteiger partial charge in [-0.15, -0.1) is 0 Å². The minimum atomic E-state index is 0.565. The molecule has 2 aliphatic rings. The number of H-pyrrole nitrogens is 1. The number of likely N-dealkylation sites (N-methyl/N-ethyl adjacent to an activating group) is 1. The third-order valence-electron chi connectivity index (χ3n) is 5.15. The average molecular weight is 266 g/mol. The highest BCUT2D eigenvalue weighted by atomic mass is 15.2. The minimum absolute atomic E-state index is 0.565. The fourth-order valence-corrected chi connectivity index (χ4v) is 4.25. The molecule has 0 unspecified atom stereocenters. The van der Waals surface area contributed by atoms with Crippen molar-refractivity contribution in [1.82, 2.24) is 9.88 Å². The van der Waals surface area contributed by atoms with Crippen LogP contribution in [0.2, 0.25) is 0 Å². The molecule has 4 rings (SSSR count). The zero-order valence-electron chi connectivity index (χ0n) is 12.5. The molecular formula is C18H22N2. The molecule has 1 aliphatic heterocycles. The first-order valence-corrected chi connectivity index (χ1v) is 7.70. The van der Waals surface area contributed by atoms with E-state index in [1.807, 2.05) is 0 Å². The van der Waals surface area contributed by atoms with Crippen molar-refractivity contribution in [3.8, 4) is 0 Å². The van der Waals surface area contributed by atoms with Gasteiger partial charge in [0.2, 0.25) is 0 Å². The number of rotatable bonds is 1. The van der Waals surface area contributed by atoms with Crippen molar-refractivity contribution in [1.29, 1.82) is 0 Å². The molecule has 1 aromatic carbocycles. The number of aromatic amines is 1. The van der Waals surface area contributed by atoms with E-state index in [9.17, 15) is 0 Å². The summed E-state index contributed by atoms with van der Waals surface area (Å²) in [6.07, 6.45) is 3.70. The van der Waals surface area contributed by atoms with E-state index < -0.39 is 0 Å². The lowest BCUT2D eigenvalue weighted by atomic mass is 9.76. The van der Waals surface area contributed by atoms with Crippen LogP contribution in [0.15, 0.2) is 29.8 Å². The average Bonchev–Trinajstić information content (AvgIpc) is 2.77. The van der Waals surface area contributed by atoms with Gasteiger partial charge in [-0.1, -0.05) is 30.7 Å². The first-order valence-electron chi connectivity index (χ1n) is 7.70. The maximum atomic E-state index is 3.57. The largest absolute Gasteiger partial charge is 0.358 e. The summed E-state index contributed by atoms with van der Waals surface area (Å²) >= 11 is 0. The third kappa shape index (κ3) is 1.55. The quantitative estimate of drug-likeness (QED) is 0.779. The zero-order valence-corrected chi connectivity index (χ0v) is 12.5. The van der Waals surface area contributed by atoms with E-state index in [-0.39, 0.29) is 0 Å². The summed E-state index contributed by atoms with van der Waals surface area (Å²) in [7, 11) is 0. The summed E-state index contributed by atoms with van der Waals surface area (Å²) in [4.78, 5) is 6.22. The number of nitrogens with one attached hydrogen (secondary N) is 1. The van der Waals surface area contributed by atoms with Gasteiger partial charge < -0.3 is 4.98 Å². The normalized spacial score (nSPS) is 25.6. The lowest BCUT2D eigenvalue weighted by molar-refractivity contribution is 0.191. The van der Waals surface area contributed by atoms with Gasteiger partial charge in [-0.2, -0.15) is 0 Å². The second kappa shape index (κ2) is 4.23. The van der Waals surface area contributed by atoms with Gasteiger partial charge >= 0.3 is 0 Å². The summed E-state index contributed by atoms with van der Waals surface area (Å²) < 4.78 is 0. The Labute approximate surface area is 120 Å². The monoisotopic (exact) mass is 266 g/mol. The van der Waals surface area contributed by atoms with Gasteiger partial charge in [0.15, 0.2) is 0 Å². The Kier molecular flexibility index (Phi) is 2.58. The van der Waals surface area contributed by atoms with Crippen molar-refractivity contribution in [2.24, 2.45) is 0 Å². The molecule has 2 atom stereocenters. The molecule has 104 valence electrons. The van der Waals surface area contributed by atoms with Crippen molar-refractivity contribution in [2.75, 3.05) is 13.1 Å². The van der Waals surface area contributed by atoms with Gasteiger partial charge in [-0.05, 0) is 44.0 Å². The smallest absolute Gasteiger partial charge is 0.0461 e. The van der Waals surface area contributed by atoms with Gasteiger partial charge in [0.05, 0.1) is 0 Å². The molecule has 0 saturated carbocycles. The number of aromatic nitrogens is 1. The molecule has 0 saturated heterocycles. The van der Waals surface area contributed by atoms with Crippen LogP contribution in [0.1, 0.15) is 36.6 Å². The van der Waals surface area contributed by atoms with Crippen molar-refractivity contribution >= 4 is 10.9 Å². The Morgan fingerprint density at radius 1 is 1.30 bits per heavy atom. The van der Waals surface area contributed by atoms with E-state index in [2.05, 4.69) is 54.9 Å². The molecule has 2 heteroatoms. The predicted molar refractivity (Wildman–Crippen MR) is 84.3 cm³/mol. The lowest BCUT2D eigenvalue weighted by Crippen LogP contribution is -2.45. The summed E-state index contributed by atoms with van der Waals surface area (Å²) in [6, 6.07) is 7.38. The second-order valence-corrected chi connectivity index (χ2v) is 6.37. The SMILES string of the molecule is CCN1CC(C)=C[C@@H]2c3cccc4[nH]c(C)c(c34)C[C@H]21. The number of aryl methyl sites for hydroxylation is 1. The Morgan fingerprint density at radius 2 is 2.15 bits per heavy atom. The fourth-order valence-electron chi connectivity index (χ4n) is 4.25. The van der Waals surface area contributed by atoms with Crippen LogP contribution in [0.4, 0.5) is 0 Å². The van der Waals surface area contributed by atoms with Gasteiger partial charge in [0.1, 0.15) is 0 Å². The fraction of sp³-hybridized carbons (Fsp3) is 0.444. The number of hydrogen-bond acceptors (Lipinski definition) is 1. The Bertz CT molecular complexity index is 708. The van der Waals surface area contributed by atoms with Gasteiger partial charge in [0.25, 0.3) is 0 Å². The van der Waals surface area contributed by atoms with Crippen molar-refractivity contribution in [3.63, 3.8) is 0 Å². The Morgan fingerprint density at radius 3 is 2.95 bits per heavy atom. The van der Waals surface area contributed by atoms with Crippen LogP contribution in [-0.2, 0) is 6.42 Å². The van der Waals surface area contributed by atoms with Crippen LogP contribution in [0, 0.1) is 6.92 Å². The molecule has 2 aromatic rings. The van der Waals surface area contributed by atoms with Crippen LogP contribution in [-0.4, -0.2) is 29.0 Å². The molecule has 0 radical (unpaired) electrons. The summed E-state index contributed by atoms with van der Waals surface area (Å²) in [5.41, 5.74) is 7.25. The molecule has 1 aromatic heterocycles. The molecule has 1 aliphatic carbocycles. The summed E-state index contributed by atoms with van der Waals surface area (Å²) in [5, 5.41) is 1.49. The Hall–Kier alpha value is -1.54. The van der Waals surface area contributed by atoms with E-state index in [4.69, 9.17) is 0 Å². The highest BCUT2D eigenvalue weighted by Gasteiger charge is 2.36. The van der Waals surface area contributed by atoms with E-state index in [1.165, 1.54) is 34.2 Å². The van der Waals surface area contributed by atoms with Crippen LogP contribution in [0.5, 0.6) is 0 Å². The van der Waals surface area contributed by atoms with Crippen LogP contribution in [0.25, 0.3) is 10.9 Å². The molecule has 0 amide bonds. The zero-order chi connectivity index (χ0) is 13.9. The molecule has 0 bridgehead atoms. The molecule has 0 spiro atoms. The number of benzene rings is 1. The highest BCUT2D eigenvalue weighted by Crippen LogP contribution is 2.43. The summed E-state index contributed by atoms with van der Waals surface area (Å²) in [5.74, 6) is 0.565. The molecule has 0 fully saturated rings. The van der Waals surface area contributed by atoms with Gasteiger partial charge in [-0.25, -0.2) is 0 Å².